The van der Waals surface area contributed by atoms with E-state index in [1.54, 1.807) is 0 Å². The molecule has 7 heteroatoms. The van der Waals surface area contributed by atoms with Crippen LogP contribution >= 0.6 is 11.3 Å². The summed E-state index contributed by atoms with van der Waals surface area (Å²) in [6.45, 7) is 9.63. The lowest BCUT2D eigenvalue weighted by atomic mass is 9.63. The molecule has 0 aromatic carbocycles. The minimum absolute atomic E-state index is 0.0156. The third kappa shape index (κ3) is 3.22. The van der Waals surface area contributed by atoms with E-state index in [0.717, 1.165) is 50.0 Å². The average Bonchev–Trinajstić information content (AvgIpc) is 2.85. The minimum atomic E-state index is -0.0832. The standard InChI is InChI=1S/C22H31N3O3S/c1-6-28-15-12-14(22(15,3)4)24(5)21(27)18-13(2)17-19(29-18)23-16-10-8-7-9-11-25(16)20(17)26/h14-15H,6-12H2,1-5H3/t14-,15+/m0/s1. The molecule has 0 N–H and O–H groups in total. The van der Waals surface area contributed by atoms with Crippen molar-refractivity contribution in [2.75, 3.05) is 13.7 Å². The van der Waals surface area contributed by atoms with Crippen molar-refractivity contribution >= 4 is 27.5 Å². The predicted octanol–water partition coefficient (Wildman–Crippen LogP) is 3.77. The van der Waals surface area contributed by atoms with E-state index in [2.05, 4.69) is 13.8 Å². The van der Waals surface area contributed by atoms with Gasteiger partial charge in [0.15, 0.2) is 0 Å². The van der Waals surface area contributed by atoms with Crippen LogP contribution in [0, 0.1) is 12.3 Å². The number of fused-ring (bicyclic) bond motifs is 2. The third-order valence-electron chi connectivity index (χ3n) is 6.89. The lowest BCUT2D eigenvalue weighted by Gasteiger charge is -2.54. The fourth-order valence-electron chi connectivity index (χ4n) is 4.92. The van der Waals surface area contributed by atoms with Gasteiger partial charge >= 0.3 is 0 Å². The van der Waals surface area contributed by atoms with E-state index in [0.29, 0.717) is 21.7 Å². The maximum atomic E-state index is 13.4. The van der Waals surface area contributed by atoms with Crippen molar-refractivity contribution in [2.24, 2.45) is 5.41 Å². The van der Waals surface area contributed by atoms with Gasteiger partial charge in [-0.3, -0.25) is 14.2 Å². The number of carbonyl (C=O) groups is 1. The Morgan fingerprint density at radius 2 is 2.10 bits per heavy atom. The average molecular weight is 418 g/mol. The number of carbonyl (C=O) groups excluding carboxylic acids is 1. The number of thiophene rings is 1. The Morgan fingerprint density at radius 3 is 2.79 bits per heavy atom. The van der Waals surface area contributed by atoms with Gasteiger partial charge in [-0.05, 0) is 38.7 Å². The second-order valence-electron chi connectivity index (χ2n) is 8.96. The summed E-state index contributed by atoms with van der Waals surface area (Å²) in [5.41, 5.74) is 0.709. The van der Waals surface area contributed by atoms with E-state index in [-0.39, 0.29) is 29.0 Å². The van der Waals surface area contributed by atoms with Gasteiger partial charge in [0.05, 0.1) is 16.4 Å². The molecule has 29 heavy (non-hydrogen) atoms. The molecule has 0 radical (unpaired) electrons. The Morgan fingerprint density at radius 1 is 1.34 bits per heavy atom. The van der Waals surface area contributed by atoms with Crippen LogP contribution in [0.3, 0.4) is 0 Å². The number of ether oxygens (including phenoxy) is 1. The van der Waals surface area contributed by atoms with Gasteiger partial charge in [-0.2, -0.15) is 0 Å². The second-order valence-corrected chi connectivity index (χ2v) is 9.96. The molecule has 2 aromatic heterocycles. The summed E-state index contributed by atoms with van der Waals surface area (Å²) >= 11 is 1.37. The Balaban J connectivity index is 1.68. The molecule has 1 saturated carbocycles. The highest BCUT2D eigenvalue weighted by Gasteiger charge is 2.52. The molecule has 0 saturated heterocycles. The van der Waals surface area contributed by atoms with Gasteiger partial charge in [-0.25, -0.2) is 4.98 Å². The topological polar surface area (TPSA) is 64.4 Å². The van der Waals surface area contributed by atoms with Crippen LogP contribution in [-0.2, 0) is 17.7 Å². The normalized spacial score (nSPS) is 23.3. The van der Waals surface area contributed by atoms with Gasteiger partial charge < -0.3 is 9.64 Å². The molecule has 1 aliphatic carbocycles. The Hall–Kier alpha value is -1.73. The van der Waals surface area contributed by atoms with E-state index >= 15 is 0 Å². The van der Waals surface area contributed by atoms with Crippen LogP contribution in [0.4, 0.5) is 0 Å². The van der Waals surface area contributed by atoms with Crippen molar-refractivity contribution in [3.05, 3.63) is 26.6 Å². The van der Waals surface area contributed by atoms with Gasteiger partial charge in [0, 0.05) is 38.1 Å². The number of amides is 1. The SMILES string of the molecule is CCO[C@@H]1C[C@H](N(C)C(=O)c2sc3nc4n(c(=O)c3c2C)CCCCC4)C1(C)C. The number of rotatable bonds is 4. The molecule has 3 heterocycles. The van der Waals surface area contributed by atoms with Crippen molar-refractivity contribution in [3.63, 3.8) is 0 Å². The molecule has 1 fully saturated rings. The van der Waals surface area contributed by atoms with Crippen LogP contribution in [0.5, 0.6) is 0 Å². The van der Waals surface area contributed by atoms with Gasteiger partial charge in [-0.1, -0.05) is 20.3 Å². The van der Waals surface area contributed by atoms with Gasteiger partial charge in [0.25, 0.3) is 11.5 Å². The van der Waals surface area contributed by atoms with Crippen molar-refractivity contribution in [1.82, 2.24) is 14.5 Å². The predicted molar refractivity (Wildman–Crippen MR) is 116 cm³/mol. The Labute approximate surface area is 175 Å². The number of nitrogens with zero attached hydrogens (tertiary/aromatic N) is 3. The fraction of sp³-hybridized carbons (Fsp3) is 0.682. The van der Waals surface area contributed by atoms with Crippen molar-refractivity contribution in [3.8, 4) is 0 Å². The first-order valence-corrected chi connectivity index (χ1v) is 11.5. The zero-order valence-electron chi connectivity index (χ0n) is 18.1. The van der Waals surface area contributed by atoms with Crippen LogP contribution in [0.25, 0.3) is 10.2 Å². The zero-order chi connectivity index (χ0) is 20.9. The van der Waals surface area contributed by atoms with E-state index in [4.69, 9.17) is 9.72 Å². The highest BCUT2D eigenvalue weighted by Crippen LogP contribution is 2.46. The lowest BCUT2D eigenvalue weighted by molar-refractivity contribution is -0.136. The van der Waals surface area contributed by atoms with Gasteiger partial charge in [0.2, 0.25) is 0 Å². The summed E-state index contributed by atoms with van der Waals surface area (Å²) in [5, 5.41) is 0.623. The Bertz CT molecular complexity index is 1010. The molecule has 2 aliphatic rings. The van der Waals surface area contributed by atoms with Crippen molar-refractivity contribution in [2.45, 2.75) is 78.5 Å². The molecular weight excluding hydrogens is 386 g/mol. The molecule has 0 bridgehead atoms. The molecule has 158 valence electrons. The third-order valence-corrected chi connectivity index (χ3v) is 8.06. The van der Waals surface area contributed by atoms with E-state index in [1.807, 2.05) is 30.4 Å². The number of aromatic nitrogens is 2. The molecule has 0 unspecified atom stereocenters. The quantitative estimate of drug-likeness (QED) is 0.760. The van der Waals surface area contributed by atoms with E-state index in [1.165, 1.54) is 11.3 Å². The lowest BCUT2D eigenvalue weighted by Crippen LogP contribution is -2.62. The monoisotopic (exact) mass is 417 g/mol. The number of aryl methyl sites for hydroxylation is 2. The van der Waals surface area contributed by atoms with Crippen LogP contribution in [0.15, 0.2) is 4.79 Å². The first kappa shape index (κ1) is 20.5. The Kier molecular flexibility index (Phi) is 5.32. The van der Waals surface area contributed by atoms with Crippen LogP contribution in [0.1, 0.15) is 67.5 Å². The van der Waals surface area contributed by atoms with Gasteiger partial charge in [0.1, 0.15) is 10.7 Å². The first-order valence-electron chi connectivity index (χ1n) is 10.7. The van der Waals surface area contributed by atoms with Crippen molar-refractivity contribution in [1.29, 1.82) is 0 Å². The molecule has 4 rings (SSSR count). The van der Waals surface area contributed by atoms with Crippen LogP contribution < -0.4 is 5.56 Å². The molecule has 2 atom stereocenters. The maximum absolute atomic E-state index is 13.4. The molecular formula is C22H31N3O3S. The summed E-state index contributed by atoms with van der Waals surface area (Å²) < 4.78 is 7.65. The maximum Gasteiger partial charge on any atom is 0.264 e. The summed E-state index contributed by atoms with van der Waals surface area (Å²) in [6.07, 6.45) is 5.06. The van der Waals surface area contributed by atoms with Crippen LogP contribution in [0.2, 0.25) is 0 Å². The minimum Gasteiger partial charge on any atom is -0.378 e. The highest BCUT2D eigenvalue weighted by atomic mass is 32.1. The molecule has 1 amide bonds. The molecule has 0 spiro atoms. The summed E-state index contributed by atoms with van der Waals surface area (Å²) in [6, 6.07) is 0.127. The van der Waals surface area contributed by atoms with E-state index < -0.39 is 0 Å². The second kappa shape index (κ2) is 7.51. The number of hydrogen-bond donors (Lipinski definition) is 0. The summed E-state index contributed by atoms with van der Waals surface area (Å²) in [4.78, 5) is 34.5. The number of hydrogen-bond acceptors (Lipinski definition) is 5. The summed E-state index contributed by atoms with van der Waals surface area (Å²) in [5.74, 6) is 0.853. The largest absolute Gasteiger partial charge is 0.378 e. The zero-order valence-corrected chi connectivity index (χ0v) is 18.9. The first-order chi connectivity index (χ1) is 13.8. The van der Waals surface area contributed by atoms with Crippen LogP contribution in [-0.4, -0.2) is 46.2 Å². The molecule has 1 aliphatic heterocycles. The smallest absolute Gasteiger partial charge is 0.264 e. The fourth-order valence-corrected chi connectivity index (χ4v) is 6.09. The molecule has 2 aromatic rings. The molecule has 6 nitrogen and oxygen atoms in total. The van der Waals surface area contributed by atoms with Crippen molar-refractivity contribution < 1.29 is 9.53 Å². The van der Waals surface area contributed by atoms with Gasteiger partial charge in [-0.15, -0.1) is 11.3 Å². The highest BCUT2D eigenvalue weighted by molar-refractivity contribution is 7.20. The van der Waals surface area contributed by atoms with E-state index in [9.17, 15) is 9.59 Å². The summed E-state index contributed by atoms with van der Waals surface area (Å²) in [7, 11) is 1.87.